The van der Waals surface area contributed by atoms with Crippen molar-refractivity contribution in [3.63, 3.8) is 0 Å². The van der Waals surface area contributed by atoms with Gasteiger partial charge in [-0.2, -0.15) is 0 Å². The second kappa shape index (κ2) is 10.6. The predicted octanol–water partition coefficient (Wildman–Crippen LogP) is 1.29. The zero-order chi connectivity index (χ0) is 20.7. The quantitative estimate of drug-likeness (QED) is 0.583. The molecule has 2 rings (SSSR count). The Labute approximate surface area is 176 Å². The lowest BCUT2D eigenvalue weighted by atomic mass is 10.1. The van der Waals surface area contributed by atoms with E-state index in [1.54, 1.807) is 0 Å². The molecule has 1 aliphatic rings. The fourth-order valence-electron chi connectivity index (χ4n) is 4.02. The summed E-state index contributed by atoms with van der Waals surface area (Å²) in [6.45, 7) is 11.4. The van der Waals surface area contributed by atoms with Crippen LogP contribution < -0.4 is 10.2 Å². The molecule has 7 heteroatoms. The predicted molar refractivity (Wildman–Crippen MR) is 121 cm³/mol. The molecular weight excluding hydrogens is 390 g/mol. The van der Waals surface area contributed by atoms with Gasteiger partial charge in [-0.25, -0.2) is 8.42 Å². The normalized spacial score (nSPS) is 18.8. The number of nitrogens with zero attached hydrogens (tertiary/aromatic N) is 1. The van der Waals surface area contributed by atoms with Crippen LogP contribution in [0.15, 0.2) is 30.3 Å². The van der Waals surface area contributed by atoms with Crippen LogP contribution in [0.3, 0.4) is 0 Å². The van der Waals surface area contributed by atoms with Crippen LogP contribution in [0.25, 0.3) is 0 Å². The summed E-state index contributed by atoms with van der Waals surface area (Å²) in [7, 11) is -2.94. The molecule has 0 aromatic heterocycles. The molecule has 0 saturated carbocycles. The maximum atomic E-state index is 12.0. The lowest BCUT2D eigenvalue weighted by Crippen LogP contribution is -3.18. The van der Waals surface area contributed by atoms with Crippen molar-refractivity contribution in [2.24, 2.45) is 0 Å². The molecule has 2 N–H and O–H groups in total. The summed E-state index contributed by atoms with van der Waals surface area (Å²) in [4.78, 5) is 3.65. The van der Waals surface area contributed by atoms with Crippen LogP contribution in [0.2, 0.25) is 0 Å². The van der Waals surface area contributed by atoms with Crippen LogP contribution in [0, 0.1) is 0 Å². The van der Waals surface area contributed by atoms with Gasteiger partial charge >= 0.3 is 0 Å². The van der Waals surface area contributed by atoms with Gasteiger partial charge in [-0.05, 0) is 58.3 Å². The number of nitrogens with one attached hydrogen (secondary N) is 2. The Morgan fingerprint density at radius 1 is 1.21 bits per heavy atom. The third-order valence-corrected chi connectivity index (χ3v) is 7.70. The standard InChI is InChI=1S/C21H35N3O2S2/c1-17(2)23(18(3)4)13-14-24(20-11-15-28(25,26)16-20)21(27)22-12-10-19-8-6-5-7-9-19/h5-9,17-18,20H,10-16H2,1-4H3,(H,22,27)/p+1/t20-/m0/s1. The van der Waals surface area contributed by atoms with Gasteiger partial charge in [0.25, 0.3) is 0 Å². The van der Waals surface area contributed by atoms with Crippen molar-refractivity contribution in [1.29, 1.82) is 0 Å². The Morgan fingerprint density at radius 2 is 1.86 bits per heavy atom. The summed E-state index contributed by atoms with van der Waals surface area (Å²) in [5.74, 6) is 0.484. The summed E-state index contributed by atoms with van der Waals surface area (Å²) < 4.78 is 24.1. The molecule has 0 aliphatic carbocycles. The van der Waals surface area contributed by atoms with Gasteiger partial charge in [0.1, 0.15) is 0 Å². The molecule has 1 aliphatic heterocycles. The highest BCUT2D eigenvalue weighted by atomic mass is 32.2. The first-order valence-corrected chi connectivity index (χ1v) is 12.6. The van der Waals surface area contributed by atoms with Crippen molar-refractivity contribution < 1.29 is 13.3 Å². The molecule has 28 heavy (non-hydrogen) atoms. The van der Waals surface area contributed by atoms with Crippen molar-refractivity contribution in [3.05, 3.63) is 35.9 Å². The van der Waals surface area contributed by atoms with Crippen LogP contribution in [0.4, 0.5) is 0 Å². The van der Waals surface area contributed by atoms with Crippen LogP contribution in [-0.2, 0) is 16.3 Å². The van der Waals surface area contributed by atoms with E-state index in [2.05, 4.69) is 50.0 Å². The van der Waals surface area contributed by atoms with Crippen molar-refractivity contribution >= 4 is 27.2 Å². The molecule has 1 atom stereocenters. The first kappa shape index (κ1) is 23.1. The molecule has 1 fully saturated rings. The van der Waals surface area contributed by atoms with Gasteiger partial charge in [-0.1, -0.05) is 30.3 Å². The van der Waals surface area contributed by atoms with E-state index in [1.807, 2.05) is 18.2 Å². The summed E-state index contributed by atoms with van der Waals surface area (Å²) in [5.41, 5.74) is 1.27. The van der Waals surface area contributed by atoms with E-state index in [0.29, 0.717) is 23.6 Å². The lowest BCUT2D eigenvalue weighted by molar-refractivity contribution is -0.941. The fourth-order valence-corrected chi connectivity index (χ4v) is 6.10. The minimum Gasteiger partial charge on any atom is -0.362 e. The maximum absolute atomic E-state index is 12.0. The average molecular weight is 427 g/mol. The zero-order valence-corrected chi connectivity index (χ0v) is 19.3. The minimum absolute atomic E-state index is 0.0118. The largest absolute Gasteiger partial charge is 0.362 e. The maximum Gasteiger partial charge on any atom is 0.169 e. The number of hydrogen-bond donors (Lipinski definition) is 2. The zero-order valence-electron chi connectivity index (χ0n) is 17.6. The van der Waals surface area contributed by atoms with E-state index in [9.17, 15) is 8.42 Å². The van der Waals surface area contributed by atoms with E-state index in [0.717, 1.165) is 26.1 Å². The number of benzene rings is 1. The van der Waals surface area contributed by atoms with Gasteiger partial charge in [0.05, 0.1) is 36.7 Å². The molecule has 0 spiro atoms. The number of sulfone groups is 1. The third kappa shape index (κ3) is 7.01. The second-order valence-electron chi connectivity index (χ2n) is 8.35. The van der Waals surface area contributed by atoms with Gasteiger partial charge in [0, 0.05) is 12.6 Å². The SMILES string of the molecule is CC(C)[NH+](CCN(C(=S)NCCc1ccccc1)[C@H]1CCS(=O)(=O)C1)C(C)C. The Morgan fingerprint density at radius 3 is 2.39 bits per heavy atom. The van der Waals surface area contributed by atoms with Crippen molar-refractivity contribution in [2.75, 3.05) is 31.1 Å². The van der Waals surface area contributed by atoms with Crippen LogP contribution in [-0.4, -0.2) is 67.7 Å². The first-order chi connectivity index (χ1) is 13.2. The highest BCUT2D eigenvalue weighted by Crippen LogP contribution is 2.17. The average Bonchev–Trinajstić information content (AvgIpc) is 2.98. The third-order valence-electron chi connectivity index (χ3n) is 5.57. The van der Waals surface area contributed by atoms with Gasteiger partial charge in [-0.3, -0.25) is 0 Å². The number of thiocarbonyl (C=S) groups is 1. The monoisotopic (exact) mass is 426 g/mol. The highest BCUT2D eigenvalue weighted by Gasteiger charge is 2.34. The molecule has 1 aromatic carbocycles. The molecule has 0 radical (unpaired) electrons. The molecular formula is C21H36N3O2S2+. The second-order valence-corrected chi connectivity index (χ2v) is 11.0. The summed E-state index contributed by atoms with van der Waals surface area (Å²) in [5, 5.41) is 4.06. The van der Waals surface area contributed by atoms with E-state index < -0.39 is 9.84 Å². The Hall–Kier alpha value is -1.18. The van der Waals surface area contributed by atoms with E-state index in [-0.39, 0.29) is 17.5 Å². The van der Waals surface area contributed by atoms with E-state index >= 15 is 0 Å². The Kier molecular flexibility index (Phi) is 8.71. The summed E-state index contributed by atoms with van der Waals surface area (Å²) >= 11 is 5.70. The minimum atomic E-state index is -2.94. The van der Waals surface area contributed by atoms with Crippen LogP contribution >= 0.6 is 12.2 Å². The lowest BCUT2D eigenvalue weighted by Gasteiger charge is -2.34. The van der Waals surface area contributed by atoms with Crippen molar-refractivity contribution in [1.82, 2.24) is 10.2 Å². The first-order valence-electron chi connectivity index (χ1n) is 10.3. The molecule has 0 unspecified atom stereocenters. The molecule has 1 aromatic rings. The molecule has 158 valence electrons. The number of rotatable bonds is 9. The molecule has 0 bridgehead atoms. The number of quaternary nitrogens is 1. The molecule has 1 heterocycles. The van der Waals surface area contributed by atoms with Crippen LogP contribution in [0.1, 0.15) is 39.7 Å². The van der Waals surface area contributed by atoms with Crippen molar-refractivity contribution in [2.45, 2.75) is 58.7 Å². The summed E-state index contributed by atoms with van der Waals surface area (Å²) in [6, 6.07) is 11.3. The van der Waals surface area contributed by atoms with Gasteiger partial charge < -0.3 is 15.1 Å². The molecule has 0 amide bonds. The summed E-state index contributed by atoms with van der Waals surface area (Å²) in [6.07, 6.45) is 1.56. The molecule has 5 nitrogen and oxygen atoms in total. The topological polar surface area (TPSA) is 53.9 Å². The van der Waals surface area contributed by atoms with Crippen LogP contribution in [0.5, 0.6) is 0 Å². The fraction of sp³-hybridized carbons (Fsp3) is 0.667. The number of hydrogen-bond acceptors (Lipinski definition) is 3. The Balaban J connectivity index is 1.99. The Bertz CT molecular complexity index is 712. The van der Waals surface area contributed by atoms with Gasteiger partial charge in [0.15, 0.2) is 14.9 Å². The molecule has 1 saturated heterocycles. The van der Waals surface area contributed by atoms with Gasteiger partial charge in [0.2, 0.25) is 0 Å². The van der Waals surface area contributed by atoms with Crippen molar-refractivity contribution in [3.8, 4) is 0 Å². The van der Waals surface area contributed by atoms with Gasteiger partial charge in [-0.15, -0.1) is 0 Å². The van der Waals surface area contributed by atoms with E-state index in [1.165, 1.54) is 10.5 Å². The highest BCUT2D eigenvalue weighted by molar-refractivity contribution is 7.91. The smallest absolute Gasteiger partial charge is 0.169 e. The van der Waals surface area contributed by atoms with E-state index in [4.69, 9.17) is 12.2 Å².